The predicted octanol–water partition coefficient (Wildman–Crippen LogP) is 2.64. The third-order valence-electron chi connectivity index (χ3n) is 1.60. The molecule has 0 aliphatic rings. The molecule has 1 aromatic heterocycles. The summed E-state index contributed by atoms with van der Waals surface area (Å²) >= 11 is 1.72. The molecule has 0 N–H and O–H groups in total. The number of ether oxygens (including phenoxy) is 2. The summed E-state index contributed by atoms with van der Waals surface area (Å²) in [4.78, 5) is 3.83. The van der Waals surface area contributed by atoms with Crippen LogP contribution in [0.3, 0.4) is 0 Å². The van der Waals surface area contributed by atoms with Crippen LogP contribution in [-0.2, 0) is 0 Å². The smallest absolute Gasteiger partial charge is 0.269 e. The lowest BCUT2D eigenvalue weighted by atomic mass is 10.2. The standard InChI is InChI=1S/C8H8F2INO2/c1-13-4-3-5(14-2)12-8(11)6(4)7(9)10/h3,7H,1-2H3. The second-order valence-electron chi connectivity index (χ2n) is 2.37. The maximum atomic E-state index is 12.5. The highest BCUT2D eigenvalue weighted by Crippen LogP contribution is 2.34. The summed E-state index contributed by atoms with van der Waals surface area (Å²) in [6.45, 7) is 0. The maximum absolute atomic E-state index is 12.5. The molecule has 78 valence electrons. The van der Waals surface area contributed by atoms with Crippen molar-refractivity contribution in [2.24, 2.45) is 0 Å². The Morgan fingerprint density at radius 3 is 2.43 bits per heavy atom. The Morgan fingerprint density at radius 2 is 2.00 bits per heavy atom. The number of methoxy groups -OCH3 is 2. The van der Waals surface area contributed by atoms with E-state index in [1.54, 1.807) is 22.6 Å². The second-order valence-corrected chi connectivity index (χ2v) is 3.39. The molecule has 1 rings (SSSR count). The van der Waals surface area contributed by atoms with Gasteiger partial charge in [-0.05, 0) is 22.6 Å². The van der Waals surface area contributed by atoms with E-state index in [0.717, 1.165) is 0 Å². The van der Waals surface area contributed by atoms with Crippen molar-refractivity contribution in [3.05, 3.63) is 15.3 Å². The number of halogens is 3. The number of hydrogen-bond donors (Lipinski definition) is 0. The molecular weight excluding hydrogens is 307 g/mol. The van der Waals surface area contributed by atoms with Crippen LogP contribution in [0.2, 0.25) is 0 Å². The molecule has 1 heterocycles. The molecule has 0 amide bonds. The van der Waals surface area contributed by atoms with Crippen molar-refractivity contribution in [3.63, 3.8) is 0 Å². The van der Waals surface area contributed by atoms with Gasteiger partial charge in [-0.2, -0.15) is 0 Å². The second kappa shape index (κ2) is 4.72. The Morgan fingerprint density at radius 1 is 1.36 bits per heavy atom. The highest BCUT2D eigenvalue weighted by molar-refractivity contribution is 14.1. The first-order chi connectivity index (χ1) is 6.60. The van der Waals surface area contributed by atoms with Gasteiger partial charge in [0.05, 0.1) is 19.8 Å². The zero-order chi connectivity index (χ0) is 10.7. The van der Waals surface area contributed by atoms with Gasteiger partial charge >= 0.3 is 0 Å². The molecule has 14 heavy (non-hydrogen) atoms. The van der Waals surface area contributed by atoms with Crippen LogP contribution in [0.15, 0.2) is 6.07 Å². The van der Waals surface area contributed by atoms with Crippen molar-refractivity contribution in [2.45, 2.75) is 6.43 Å². The molecule has 0 bridgehead atoms. The Labute approximate surface area is 93.6 Å². The average Bonchev–Trinajstić information content (AvgIpc) is 2.15. The number of alkyl halides is 2. The van der Waals surface area contributed by atoms with Gasteiger partial charge in [-0.25, -0.2) is 13.8 Å². The van der Waals surface area contributed by atoms with Crippen LogP contribution >= 0.6 is 22.6 Å². The predicted molar refractivity (Wildman–Crippen MR) is 55.0 cm³/mol. The fourth-order valence-electron chi connectivity index (χ4n) is 0.952. The number of aromatic nitrogens is 1. The van der Waals surface area contributed by atoms with Gasteiger partial charge in [0.15, 0.2) is 0 Å². The average molecular weight is 315 g/mol. The Kier molecular flexibility index (Phi) is 3.85. The summed E-state index contributed by atoms with van der Waals surface area (Å²) in [6, 6.07) is 1.34. The first kappa shape index (κ1) is 11.4. The lowest BCUT2D eigenvalue weighted by Crippen LogP contribution is -2.00. The largest absolute Gasteiger partial charge is 0.496 e. The quantitative estimate of drug-likeness (QED) is 0.635. The van der Waals surface area contributed by atoms with Crippen LogP contribution in [0.5, 0.6) is 11.6 Å². The minimum atomic E-state index is -2.60. The topological polar surface area (TPSA) is 31.4 Å². The number of hydrogen-bond acceptors (Lipinski definition) is 3. The van der Waals surface area contributed by atoms with Crippen molar-refractivity contribution < 1.29 is 18.3 Å². The molecule has 3 nitrogen and oxygen atoms in total. The first-order valence-electron chi connectivity index (χ1n) is 3.66. The van der Waals surface area contributed by atoms with Gasteiger partial charge in [0, 0.05) is 6.07 Å². The van der Waals surface area contributed by atoms with E-state index >= 15 is 0 Å². The third kappa shape index (κ3) is 2.23. The number of rotatable bonds is 3. The van der Waals surface area contributed by atoms with Crippen molar-refractivity contribution >= 4 is 22.6 Å². The molecule has 0 aliphatic carbocycles. The Bertz CT molecular complexity index is 333. The van der Waals surface area contributed by atoms with E-state index in [1.165, 1.54) is 20.3 Å². The van der Waals surface area contributed by atoms with Crippen LogP contribution in [0.1, 0.15) is 12.0 Å². The van der Waals surface area contributed by atoms with Crippen molar-refractivity contribution in [1.29, 1.82) is 0 Å². The molecule has 0 atom stereocenters. The van der Waals surface area contributed by atoms with E-state index in [4.69, 9.17) is 9.47 Å². The maximum Gasteiger partial charge on any atom is 0.269 e. The van der Waals surface area contributed by atoms with Crippen LogP contribution < -0.4 is 9.47 Å². The molecule has 0 aromatic carbocycles. The number of nitrogens with zero attached hydrogens (tertiary/aromatic N) is 1. The summed E-state index contributed by atoms with van der Waals surface area (Å²) < 4.78 is 34.9. The highest BCUT2D eigenvalue weighted by atomic mass is 127. The van der Waals surface area contributed by atoms with E-state index in [9.17, 15) is 8.78 Å². The Balaban J connectivity index is 3.27. The van der Waals surface area contributed by atoms with Gasteiger partial charge < -0.3 is 9.47 Å². The van der Waals surface area contributed by atoms with Gasteiger partial charge in [0.1, 0.15) is 9.45 Å². The van der Waals surface area contributed by atoms with Gasteiger partial charge in [0.2, 0.25) is 5.88 Å². The van der Waals surface area contributed by atoms with Gasteiger partial charge in [0.25, 0.3) is 6.43 Å². The minimum absolute atomic E-state index is 0.0938. The van der Waals surface area contributed by atoms with Crippen molar-refractivity contribution in [3.8, 4) is 11.6 Å². The van der Waals surface area contributed by atoms with Gasteiger partial charge in [-0.3, -0.25) is 0 Å². The summed E-state index contributed by atoms with van der Waals surface area (Å²) in [5.74, 6) is 0.354. The van der Waals surface area contributed by atoms with Crippen molar-refractivity contribution in [2.75, 3.05) is 14.2 Å². The molecule has 0 saturated carbocycles. The third-order valence-corrected chi connectivity index (χ3v) is 2.42. The van der Waals surface area contributed by atoms with E-state index in [1.807, 2.05) is 0 Å². The van der Waals surface area contributed by atoms with Gasteiger partial charge in [-0.1, -0.05) is 0 Å². The first-order valence-corrected chi connectivity index (χ1v) is 4.74. The highest BCUT2D eigenvalue weighted by Gasteiger charge is 2.20. The van der Waals surface area contributed by atoms with Crippen LogP contribution in [-0.4, -0.2) is 19.2 Å². The number of pyridine rings is 1. The van der Waals surface area contributed by atoms with Crippen molar-refractivity contribution in [1.82, 2.24) is 4.98 Å². The molecule has 0 radical (unpaired) electrons. The van der Waals surface area contributed by atoms with Crippen LogP contribution in [0.25, 0.3) is 0 Å². The molecule has 0 unspecified atom stereocenters. The molecular formula is C8H8F2INO2. The Hall–Kier alpha value is -0.660. The lowest BCUT2D eigenvalue weighted by Gasteiger charge is -2.10. The van der Waals surface area contributed by atoms with E-state index in [2.05, 4.69) is 4.98 Å². The summed E-state index contributed by atoms with van der Waals surface area (Å²) in [5, 5.41) is 0. The molecule has 0 saturated heterocycles. The zero-order valence-electron chi connectivity index (χ0n) is 7.55. The van der Waals surface area contributed by atoms with E-state index < -0.39 is 6.43 Å². The van der Waals surface area contributed by atoms with Crippen LogP contribution in [0.4, 0.5) is 8.78 Å². The molecule has 0 aliphatic heterocycles. The minimum Gasteiger partial charge on any atom is -0.496 e. The summed E-state index contributed by atoms with van der Waals surface area (Å²) in [6.07, 6.45) is -2.60. The van der Waals surface area contributed by atoms with E-state index in [-0.39, 0.29) is 20.9 Å². The van der Waals surface area contributed by atoms with Crippen LogP contribution in [0, 0.1) is 3.70 Å². The summed E-state index contributed by atoms with van der Waals surface area (Å²) in [5.41, 5.74) is -0.200. The molecule has 1 aromatic rings. The molecule has 6 heteroatoms. The monoisotopic (exact) mass is 315 g/mol. The van der Waals surface area contributed by atoms with Gasteiger partial charge in [-0.15, -0.1) is 0 Å². The molecule has 0 fully saturated rings. The lowest BCUT2D eigenvalue weighted by molar-refractivity contribution is 0.145. The SMILES string of the molecule is COc1cc(OC)c(C(F)F)c(I)n1. The fraction of sp³-hybridized carbons (Fsp3) is 0.375. The normalized spacial score (nSPS) is 10.4. The van der Waals surface area contributed by atoms with E-state index in [0.29, 0.717) is 0 Å². The zero-order valence-corrected chi connectivity index (χ0v) is 9.71. The summed E-state index contributed by atoms with van der Waals surface area (Å²) in [7, 11) is 2.75. The fourth-order valence-corrected chi connectivity index (χ4v) is 1.69. The molecule has 0 spiro atoms.